The minimum atomic E-state index is 0.257. The fourth-order valence-corrected chi connectivity index (χ4v) is 3.84. The van der Waals surface area contributed by atoms with Crippen molar-refractivity contribution < 1.29 is 9.15 Å². The number of para-hydroxylation sites is 1. The van der Waals surface area contributed by atoms with E-state index in [1.54, 1.807) is 6.26 Å². The first-order chi connectivity index (χ1) is 13.9. The van der Waals surface area contributed by atoms with E-state index in [4.69, 9.17) is 14.1 Å². The van der Waals surface area contributed by atoms with Gasteiger partial charge in [-0.3, -0.25) is 4.99 Å². The summed E-state index contributed by atoms with van der Waals surface area (Å²) in [5.41, 5.74) is 1.29. The van der Waals surface area contributed by atoms with Crippen molar-refractivity contribution in [3.8, 4) is 0 Å². The minimum absolute atomic E-state index is 0.257. The van der Waals surface area contributed by atoms with Crippen molar-refractivity contribution in [2.45, 2.75) is 37.8 Å². The topological polar surface area (TPSA) is 62.0 Å². The summed E-state index contributed by atoms with van der Waals surface area (Å²) in [6, 6.07) is 14.9. The number of nitrogens with one attached hydrogen (secondary N) is 2. The molecular weight excluding hydrogens is 352 g/mol. The van der Waals surface area contributed by atoms with Gasteiger partial charge in [0.05, 0.1) is 18.9 Å². The Morgan fingerprint density at radius 3 is 2.86 bits per heavy atom. The predicted molar refractivity (Wildman–Crippen MR) is 112 cm³/mol. The van der Waals surface area contributed by atoms with Crippen molar-refractivity contribution in [2.24, 2.45) is 4.99 Å². The van der Waals surface area contributed by atoms with Gasteiger partial charge >= 0.3 is 0 Å². The zero-order valence-corrected chi connectivity index (χ0v) is 16.3. The molecule has 2 saturated heterocycles. The molecule has 2 fully saturated rings. The molecular formula is C22H30N4O2. The Bertz CT molecular complexity index is 726. The number of anilines is 1. The van der Waals surface area contributed by atoms with Gasteiger partial charge in [0.1, 0.15) is 5.76 Å². The average molecular weight is 383 g/mol. The molecule has 6 heteroatoms. The first-order valence-corrected chi connectivity index (χ1v) is 10.4. The maximum Gasteiger partial charge on any atom is 0.191 e. The average Bonchev–Trinajstić information content (AvgIpc) is 3.49. The summed E-state index contributed by atoms with van der Waals surface area (Å²) < 4.78 is 11.2. The van der Waals surface area contributed by atoms with Gasteiger partial charge in [-0.1, -0.05) is 18.2 Å². The van der Waals surface area contributed by atoms with Crippen LogP contribution in [0.15, 0.2) is 58.1 Å². The van der Waals surface area contributed by atoms with Gasteiger partial charge in [-0.25, -0.2) is 0 Å². The van der Waals surface area contributed by atoms with E-state index >= 15 is 0 Å². The molecule has 0 radical (unpaired) electrons. The van der Waals surface area contributed by atoms with E-state index in [0.717, 1.165) is 63.6 Å². The molecule has 1 aromatic carbocycles. The quantitative estimate of drug-likeness (QED) is 0.570. The van der Waals surface area contributed by atoms with Crippen molar-refractivity contribution in [3.05, 3.63) is 54.5 Å². The van der Waals surface area contributed by atoms with Gasteiger partial charge in [0.25, 0.3) is 0 Å². The normalized spacial score (nSPS) is 22.6. The van der Waals surface area contributed by atoms with Gasteiger partial charge in [-0.2, -0.15) is 0 Å². The molecule has 2 unspecified atom stereocenters. The highest BCUT2D eigenvalue weighted by atomic mass is 16.5. The Balaban J connectivity index is 1.32. The van der Waals surface area contributed by atoms with Crippen LogP contribution in [0.2, 0.25) is 0 Å². The number of benzene rings is 1. The lowest BCUT2D eigenvalue weighted by Gasteiger charge is -2.21. The van der Waals surface area contributed by atoms with Crippen molar-refractivity contribution >= 4 is 11.6 Å². The number of nitrogens with zero attached hydrogens (tertiary/aromatic N) is 2. The number of ether oxygens (including phenoxy) is 1. The lowest BCUT2D eigenvalue weighted by molar-refractivity contribution is 0.117. The third-order valence-electron chi connectivity index (χ3n) is 5.37. The van der Waals surface area contributed by atoms with E-state index in [1.807, 2.05) is 12.1 Å². The second kappa shape index (κ2) is 9.64. The molecule has 0 saturated carbocycles. The van der Waals surface area contributed by atoms with Crippen LogP contribution >= 0.6 is 0 Å². The number of hydrogen-bond acceptors (Lipinski definition) is 4. The third-order valence-corrected chi connectivity index (χ3v) is 5.37. The van der Waals surface area contributed by atoms with Crippen molar-refractivity contribution in [2.75, 3.05) is 37.7 Å². The molecule has 28 heavy (non-hydrogen) atoms. The Kier molecular flexibility index (Phi) is 6.50. The summed E-state index contributed by atoms with van der Waals surface area (Å²) in [6.45, 7) is 4.42. The summed E-state index contributed by atoms with van der Waals surface area (Å²) >= 11 is 0. The zero-order chi connectivity index (χ0) is 19.0. The zero-order valence-electron chi connectivity index (χ0n) is 16.3. The summed E-state index contributed by atoms with van der Waals surface area (Å²) in [5, 5.41) is 7.10. The standard InChI is InChI=1S/C22H30N4O2/c1-2-6-19(7-3-1)26-13-11-18(17-26)25-22(24-16-21-9-5-15-28-21)23-12-10-20-8-4-14-27-20/h1-4,6-8,14,18,21H,5,9-13,15-17H2,(H2,23,24,25). The first kappa shape index (κ1) is 18.9. The van der Waals surface area contributed by atoms with Gasteiger partial charge < -0.3 is 24.7 Å². The van der Waals surface area contributed by atoms with E-state index in [1.165, 1.54) is 5.69 Å². The van der Waals surface area contributed by atoms with Gasteiger partial charge in [0.15, 0.2) is 5.96 Å². The van der Waals surface area contributed by atoms with Gasteiger partial charge in [-0.05, 0) is 43.5 Å². The molecule has 150 valence electrons. The molecule has 0 amide bonds. The third kappa shape index (κ3) is 5.29. The van der Waals surface area contributed by atoms with Gasteiger partial charge in [-0.15, -0.1) is 0 Å². The van der Waals surface area contributed by atoms with E-state index < -0.39 is 0 Å². The number of furan rings is 1. The lowest BCUT2D eigenvalue weighted by Crippen LogP contribution is -2.45. The molecule has 0 bridgehead atoms. The van der Waals surface area contributed by atoms with Crippen LogP contribution in [0.25, 0.3) is 0 Å². The van der Waals surface area contributed by atoms with Crippen LogP contribution < -0.4 is 15.5 Å². The second-order valence-corrected chi connectivity index (χ2v) is 7.49. The molecule has 6 nitrogen and oxygen atoms in total. The van der Waals surface area contributed by atoms with E-state index in [0.29, 0.717) is 12.6 Å². The second-order valence-electron chi connectivity index (χ2n) is 7.49. The van der Waals surface area contributed by atoms with Crippen molar-refractivity contribution in [3.63, 3.8) is 0 Å². The Labute approximate surface area is 167 Å². The largest absolute Gasteiger partial charge is 0.469 e. The summed E-state index contributed by atoms with van der Waals surface area (Å²) in [4.78, 5) is 7.23. The van der Waals surface area contributed by atoms with E-state index in [2.05, 4.69) is 45.9 Å². The minimum Gasteiger partial charge on any atom is -0.469 e. The summed E-state index contributed by atoms with van der Waals surface area (Å²) in [7, 11) is 0. The molecule has 2 aromatic rings. The van der Waals surface area contributed by atoms with Crippen molar-refractivity contribution in [1.29, 1.82) is 0 Å². The summed E-state index contributed by atoms with van der Waals surface area (Å²) in [6.07, 6.45) is 6.17. The van der Waals surface area contributed by atoms with Crippen LogP contribution in [0.5, 0.6) is 0 Å². The molecule has 0 spiro atoms. The molecule has 0 aliphatic carbocycles. The lowest BCUT2D eigenvalue weighted by atomic mass is 10.2. The van der Waals surface area contributed by atoms with E-state index in [-0.39, 0.29) is 6.10 Å². The Morgan fingerprint density at radius 1 is 1.14 bits per heavy atom. The molecule has 2 aliphatic heterocycles. The molecule has 1 aromatic heterocycles. The number of rotatable bonds is 7. The predicted octanol–water partition coefficient (Wildman–Crippen LogP) is 2.82. The fourth-order valence-electron chi connectivity index (χ4n) is 3.84. The van der Waals surface area contributed by atoms with Crippen LogP contribution in [0.1, 0.15) is 25.0 Å². The molecule has 3 heterocycles. The monoisotopic (exact) mass is 382 g/mol. The highest BCUT2D eigenvalue weighted by Crippen LogP contribution is 2.19. The molecule has 2 N–H and O–H groups in total. The number of hydrogen-bond donors (Lipinski definition) is 2. The molecule has 2 aliphatic rings. The Morgan fingerprint density at radius 2 is 2.07 bits per heavy atom. The maximum absolute atomic E-state index is 5.73. The smallest absolute Gasteiger partial charge is 0.191 e. The SMILES string of the molecule is c1ccc(N2CCC(NC(=NCC3CCCO3)NCCc3ccco3)C2)cc1. The maximum atomic E-state index is 5.73. The highest BCUT2D eigenvalue weighted by Gasteiger charge is 2.23. The Hall–Kier alpha value is -2.47. The van der Waals surface area contributed by atoms with Gasteiger partial charge in [0, 0.05) is 44.4 Å². The van der Waals surface area contributed by atoms with Crippen LogP contribution in [-0.2, 0) is 11.2 Å². The van der Waals surface area contributed by atoms with Crippen LogP contribution in [-0.4, -0.2) is 50.9 Å². The number of guanidine groups is 1. The first-order valence-electron chi connectivity index (χ1n) is 10.4. The van der Waals surface area contributed by atoms with Crippen LogP contribution in [0.4, 0.5) is 5.69 Å². The van der Waals surface area contributed by atoms with Crippen LogP contribution in [0.3, 0.4) is 0 Å². The summed E-state index contributed by atoms with van der Waals surface area (Å²) in [5.74, 6) is 1.86. The molecule has 4 rings (SSSR count). The van der Waals surface area contributed by atoms with Crippen molar-refractivity contribution in [1.82, 2.24) is 10.6 Å². The number of aliphatic imine (C=N–C) groups is 1. The molecule has 2 atom stereocenters. The van der Waals surface area contributed by atoms with E-state index in [9.17, 15) is 0 Å². The fraction of sp³-hybridized carbons (Fsp3) is 0.500. The van der Waals surface area contributed by atoms with Crippen LogP contribution in [0, 0.1) is 0 Å². The highest BCUT2D eigenvalue weighted by molar-refractivity contribution is 5.80. The van der Waals surface area contributed by atoms with Gasteiger partial charge in [0.2, 0.25) is 0 Å².